The minimum absolute atomic E-state index is 0. The van der Waals surface area contributed by atoms with Gasteiger partial charge in [0, 0.05) is 125 Å². The molecular formula is C39H46Ac2FNO13. The van der Waals surface area contributed by atoms with Crippen molar-refractivity contribution in [3.63, 3.8) is 0 Å². The Kier molecular flexibility index (Phi) is 14.6. The third-order valence-electron chi connectivity index (χ3n) is 12.4. The van der Waals surface area contributed by atoms with Gasteiger partial charge in [-0.3, -0.25) is 14.4 Å². The quantitative estimate of drug-likeness (QED) is 0.163. The number of ketones is 1. The number of amides is 1. The molecule has 298 valence electrons. The normalized spacial score (nSPS) is 33.9. The van der Waals surface area contributed by atoms with Gasteiger partial charge in [0.25, 0.3) is 5.91 Å². The summed E-state index contributed by atoms with van der Waals surface area (Å²) in [5.41, 5.74) is -7.34. The number of aliphatic hydroxyl groups excluding tert-OH is 3. The molecule has 2 saturated carbocycles. The number of methoxy groups -OCH3 is 1. The summed E-state index contributed by atoms with van der Waals surface area (Å²) >= 11 is 0. The molecule has 0 aromatic heterocycles. The predicted molar refractivity (Wildman–Crippen MR) is 185 cm³/mol. The first kappa shape index (κ1) is 47.3. The van der Waals surface area contributed by atoms with Crippen LogP contribution in [0.2, 0.25) is 0 Å². The summed E-state index contributed by atoms with van der Waals surface area (Å²) in [6, 6.07) is 9.21. The van der Waals surface area contributed by atoms with Crippen LogP contribution in [0.4, 0.5) is 4.39 Å². The van der Waals surface area contributed by atoms with Crippen LogP contribution in [0.15, 0.2) is 59.7 Å². The number of carbonyl (C=O) groups is 4. The Morgan fingerprint density at radius 2 is 1.59 bits per heavy atom. The summed E-state index contributed by atoms with van der Waals surface area (Å²) in [5.74, 6) is -5.43. The second-order valence-electron chi connectivity index (χ2n) is 15.6. The Morgan fingerprint density at radius 1 is 0.982 bits per heavy atom. The topological polar surface area (TPSA) is 218 Å². The van der Waals surface area contributed by atoms with Crippen LogP contribution in [-0.2, 0) is 28.6 Å². The Morgan fingerprint density at radius 3 is 2.12 bits per heavy atom. The number of aliphatic hydroxyl groups is 5. The average molecular weight is 1210 g/mol. The van der Waals surface area contributed by atoms with Gasteiger partial charge in [-0.1, -0.05) is 26.0 Å². The van der Waals surface area contributed by atoms with E-state index in [9.17, 15) is 49.1 Å². The number of fused-ring (bicyclic) bond motifs is 5. The number of hydrogen-bond donors (Lipinski definition) is 6. The molecule has 14 nitrogen and oxygen atoms in total. The second-order valence-corrected chi connectivity index (χ2v) is 15.6. The number of Topliss-reactive ketones (excluding diaryl/α,β-unsaturated/α-hetero) is 1. The van der Waals surface area contributed by atoms with Crippen molar-refractivity contribution in [1.82, 2.24) is 5.32 Å². The fourth-order valence-corrected chi connectivity index (χ4v) is 9.13. The van der Waals surface area contributed by atoms with Crippen LogP contribution in [0, 0.1) is 111 Å². The van der Waals surface area contributed by atoms with Crippen molar-refractivity contribution in [2.45, 2.75) is 101 Å². The molecule has 17 heteroatoms. The van der Waals surface area contributed by atoms with Crippen molar-refractivity contribution >= 4 is 23.6 Å². The van der Waals surface area contributed by atoms with E-state index in [4.69, 9.17) is 18.9 Å². The van der Waals surface area contributed by atoms with Crippen molar-refractivity contribution in [3.05, 3.63) is 76.6 Å². The molecule has 3 fully saturated rings. The number of nitrogens with one attached hydrogen (secondary N) is 1. The van der Waals surface area contributed by atoms with E-state index >= 15 is 0 Å². The van der Waals surface area contributed by atoms with Gasteiger partial charge in [-0.15, -0.1) is 0 Å². The standard InChI is InChI=1S/C39H46FNO13.2Ac/c1-18-24(54-35(48)30(45)28(20-7-11-22(40)12-8-20)41-34(47)21-9-13-23(51-6)14-10-21)16-39(50)33(53-19(2)42)31-37(5,25(43)15-26-38(31,49)17-52-26)32(46)29(44)27(18)36(39,3)4;;/h7-14,24-26,28-31,33,43-45,49-50H,15-17H2,1-6H3,(H,41,47);;/t24?,25-,26+,28-,29+,30+,31-,33-,37+,38-,39+;;/m0../s1. The van der Waals surface area contributed by atoms with Crippen LogP contribution >= 0.6 is 0 Å². The zero-order valence-corrected chi connectivity index (χ0v) is 41.4. The zero-order valence-electron chi connectivity index (χ0n) is 31.9. The number of ether oxygens (including phenoxy) is 4. The molecule has 2 bridgehead atoms. The molecule has 1 unspecified atom stereocenters. The Hall–Kier alpha value is -1.37. The number of halogens is 1. The molecule has 3 aliphatic carbocycles. The van der Waals surface area contributed by atoms with Crippen molar-refractivity contribution in [3.8, 4) is 5.75 Å². The summed E-state index contributed by atoms with van der Waals surface area (Å²) in [6.07, 6.45) is -10.5. The molecule has 1 saturated heterocycles. The van der Waals surface area contributed by atoms with E-state index in [1.807, 2.05) is 0 Å². The average Bonchev–Trinajstić information content (AvgIpc) is 3.12. The van der Waals surface area contributed by atoms with Gasteiger partial charge in [-0.2, -0.15) is 0 Å². The van der Waals surface area contributed by atoms with Crippen molar-refractivity contribution in [1.29, 1.82) is 0 Å². The number of hydrogen-bond acceptors (Lipinski definition) is 13. The van der Waals surface area contributed by atoms with Crippen LogP contribution in [0.1, 0.15) is 69.4 Å². The molecule has 2 radical (unpaired) electrons. The molecule has 4 aliphatic rings. The first-order valence-corrected chi connectivity index (χ1v) is 17.7. The van der Waals surface area contributed by atoms with E-state index in [-0.39, 0.29) is 123 Å². The molecule has 56 heavy (non-hydrogen) atoms. The number of carbonyl (C=O) groups excluding carboxylic acids is 4. The summed E-state index contributed by atoms with van der Waals surface area (Å²) in [7, 11) is 1.45. The van der Waals surface area contributed by atoms with Gasteiger partial charge in [0.15, 0.2) is 11.9 Å². The minimum atomic E-state index is -2.29. The van der Waals surface area contributed by atoms with Crippen LogP contribution in [0.5, 0.6) is 5.75 Å². The van der Waals surface area contributed by atoms with Gasteiger partial charge >= 0.3 is 11.9 Å². The fraction of sp³-hybridized carbons (Fsp3) is 0.538. The Balaban J connectivity index is 0.00000348. The van der Waals surface area contributed by atoms with E-state index in [0.29, 0.717) is 5.75 Å². The van der Waals surface area contributed by atoms with Gasteiger partial charge in [0.05, 0.1) is 37.4 Å². The number of benzene rings is 2. The molecule has 1 heterocycles. The Labute approximate surface area is 395 Å². The molecule has 6 rings (SSSR count). The smallest absolute Gasteiger partial charge is 0.338 e. The van der Waals surface area contributed by atoms with Gasteiger partial charge in [-0.05, 0) is 67.0 Å². The van der Waals surface area contributed by atoms with Crippen LogP contribution in [0.25, 0.3) is 0 Å². The fourth-order valence-electron chi connectivity index (χ4n) is 9.13. The van der Waals surface area contributed by atoms with Gasteiger partial charge < -0.3 is 49.8 Å². The molecule has 6 N–H and O–H groups in total. The summed E-state index contributed by atoms with van der Waals surface area (Å²) in [5, 5.41) is 62.4. The van der Waals surface area contributed by atoms with E-state index in [1.54, 1.807) is 0 Å². The van der Waals surface area contributed by atoms with E-state index in [0.717, 1.165) is 19.1 Å². The largest absolute Gasteiger partial charge is 0.497 e. The van der Waals surface area contributed by atoms with E-state index < -0.39 is 106 Å². The minimum Gasteiger partial charge on any atom is -0.497 e. The summed E-state index contributed by atoms with van der Waals surface area (Å²) in [4.78, 5) is 54.5. The molecule has 2 aromatic carbocycles. The van der Waals surface area contributed by atoms with Crippen LogP contribution in [0.3, 0.4) is 0 Å². The SMILES string of the molecule is COc1ccc(C(=O)N[C@@H](c2ccc(F)cc2)[C@@H](O)C(=O)OC2C[C@@]3(O)[C@@H](OC(C)=O)[C@@H]4[C@]5(O)CO[C@@H]5C[C@H](O)[C@@]4(C)C(=O)[C@H](O)C(=C2C)C3(C)C)cc1.[Ac].[Ac]. The van der Waals surface area contributed by atoms with Crippen LogP contribution < -0.4 is 10.1 Å². The molecule has 1 aliphatic heterocycles. The maximum atomic E-state index is 14.5. The molecule has 0 spiro atoms. The molecule has 11 atom stereocenters. The van der Waals surface area contributed by atoms with Gasteiger partial charge in [-0.25, -0.2) is 9.18 Å². The Bertz CT molecular complexity index is 1880. The maximum absolute atomic E-state index is 14.5. The molecule has 1 amide bonds. The van der Waals surface area contributed by atoms with Gasteiger partial charge in [0.2, 0.25) is 0 Å². The molecule has 2 aromatic rings. The van der Waals surface area contributed by atoms with Crippen molar-refractivity contribution < 1.29 is 156 Å². The number of rotatable bonds is 8. The first-order chi connectivity index (χ1) is 25.2. The predicted octanol–water partition coefficient (Wildman–Crippen LogP) is 1.45. The van der Waals surface area contributed by atoms with E-state index in [2.05, 4.69) is 5.32 Å². The van der Waals surface area contributed by atoms with Gasteiger partial charge in [0.1, 0.15) is 41.1 Å². The zero-order chi connectivity index (χ0) is 39.7. The third kappa shape index (κ3) is 7.74. The summed E-state index contributed by atoms with van der Waals surface area (Å²) < 4.78 is 36.3. The van der Waals surface area contributed by atoms with E-state index in [1.165, 1.54) is 71.2 Å². The van der Waals surface area contributed by atoms with Crippen LogP contribution in [-0.4, -0.2) is 111 Å². The first-order valence-electron chi connectivity index (χ1n) is 17.7. The monoisotopic (exact) mass is 1210 g/mol. The second kappa shape index (κ2) is 17.3. The third-order valence-corrected chi connectivity index (χ3v) is 12.4. The van der Waals surface area contributed by atoms with Crippen molar-refractivity contribution in [2.75, 3.05) is 13.7 Å². The van der Waals surface area contributed by atoms with Crippen molar-refractivity contribution in [2.24, 2.45) is 16.7 Å². The molecular weight excluding hydrogens is 1160 g/mol. The number of esters is 2. The summed E-state index contributed by atoms with van der Waals surface area (Å²) in [6.45, 7) is 6.63. The maximum Gasteiger partial charge on any atom is 0.338 e.